The Kier molecular flexibility index (Phi) is 2.59. The molecule has 0 fully saturated rings. The Hall–Kier alpha value is -2.27. The number of nitrogens with zero attached hydrogens (tertiary/aromatic N) is 1. The predicted molar refractivity (Wildman–Crippen MR) is 79.4 cm³/mol. The molecule has 0 saturated carbocycles. The fourth-order valence-corrected chi connectivity index (χ4v) is 4.07. The van der Waals surface area contributed by atoms with Gasteiger partial charge in [-0.1, -0.05) is 59.8 Å². The zero-order chi connectivity index (χ0) is 14.4. The van der Waals surface area contributed by atoms with Crippen molar-refractivity contribution in [1.29, 1.82) is 0 Å². The molecule has 1 aliphatic heterocycles. The number of oxime groups is 1. The number of fused-ring (bicyclic) bond motifs is 1. The van der Waals surface area contributed by atoms with Crippen LogP contribution < -0.4 is 0 Å². The van der Waals surface area contributed by atoms with Gasteiger partial charge in [0.05, 0.1) is 0 Å². The van der Waals surface area contributed by atoms with Gasteiger partial charge in [-0.25, -0.2) is 4.21 Å². The highest BCUT2D eigenvalue weighted by Gasteiger charge is 2.59. The SMILES string of the molecule is O=C1c2ccccc2C[C@]12C(c1ccccc1)=NO[S@]2=O. The molecule has 0 N–H and O–H groups in total. The average molecular weight is 297 g/mol. The number of rotatable bonds is 1. The summed E-state index contributed by atoms with van der Waals surface area (Å²) in [5.74, 6) is -0.170. The van der Waals surface area contributed by atoms with Gasteiger partial charge in [-0.15, -0.1) is 0 Å². The third-order valence-corrected chi connectivity index (χ3v) is 5.28. The van der Waals surface area contributed by atoms with Gasteiger partial charge < -0.3 is 0 Å². The Morgan fingerprint density at radius 2 is 1.76 bits per heavy atom. The van der Waals surface area contributed by atoms with E-state index in [1.807, 2.05) is 48.5 Å². The summed E-state index contributed by atoms with van der Waals surface area (Å²) in [6.07, 6.45) is 0.363. The minimum Gasteiger partial charge on any atom is -0.292 e. The maximum atomic E-state index is 12.9. The van der Waals surface area contributed by atoms with Crippen LogP contribution in [0.3, 0.4) is 0 Å². The number of hydrogen-bond donors (Lipinski definition) is 0. The van der Waals surface area contributed by atoms with Gasteiger partial charge in [0.1, 0.15) is 5.71 Å². The monoisotopic (exact) mass is 297 g/mol. The lowest BCUT2D eigenvalue weighted by molar-refractivity contribution is 0.0981. The van der Waals surface area contributed by atoms with Crippen molar-refractivity contribution >= 4 is 22.6 Å². The Balaban J connectivity index is 1.90. The van der Waals surface area contributed by atoms with Crippen molar-refractivity contribution in [3.8, 4) is 0 Å². The summed E-state index contributed by atoms with van der Waals surface area (Å²) in [6, 6.07) is 16.7. The standard InChI is InChI=1S/C16H11NO3S/c18-15-13-9-5-4-8-12(13)10-16(15)14(17-20-21(16)19)11-6-2-1-3-7-11/h1-9H,10H2/t16-,21+/m0/s1. The predicted octanol–water partition coefficient (Wildman–Crippen LogP) is 2.26. The molecular weight excluding hydrogens is 286 g/mol. The number of Topliss-reactive ketones (excluding diaryl/α,β-unsaturated/α-hetero) is 1. The van der Waals surface area contributed by atoms with Crippen molar-refractivity contribution in [3.05, 3.63) is 71.3 Å². The van der Waals surface area contributed by atoms with E-state index in [1.54, 1.807) is 6.07 Å². The van der Waals surface area contributed by atoms with Gasteiger partial charge >= 0.3 is 0 Å². The van der Waals surface area contributed by atoms with E-state index in [4.69, 9.17) is 4.28 Å². The fourth-order valence-electron chi connectivity index (χ4n) is 2.96. The zero-order valence-corrected chi connectivity index (χ0v) is 11.8. The van der Waals surface area contributed by atoms with E-state index in [0.29, 0.717) is 17.7 Å². The molecular formula is C16H11NO3S. The first-order chi connectivity index (χ1) is 10.2. The number of ketones is 1. The molecule has 0 radical (unpaired) electrons. The summed E-state index contributed by atoms with van der Waals surface area (Å²) in [7, 11) is 0. The van der Waals surface area contributed by atoms with Crippen molar-refractivity contribution in [2.75, 3.05) is 0 Å². The van der Waals surface area contributed by atoms with Gasteiger partial charge in [0, 0.05) is 17.5 Å². The largest absolute Gasteiger partial charge is 0.292 e. The molecule has 0 bridgehead atoms. The lowest BCUT2D eigenvalue weighted by Gasteiger charge is -2.18. The van der Waals surface area contributed by atoms with Crippen LogP contribution in [0.25, 0.3) is 0 Å². The number of hydrogen-bond acceptors (Lipinski definition) is 4. The third kappa shape index (κ3) is 1.58. The van der Waals surface area contributed by atoms with Crippen LogP contribution in [-0.2, 0) is 21.8 Å². The minimum absolute atomic E-state index is 0.170. The normalized spacial score (nSPS) is 26.6. The molecule has 1 spiro atoms. The summed E-state index contributed by atoms with van der Waals surface area (Å²) in [4.78, 5) is 12.9. The second-order valence-corrected chi connectivity index (χ2v) is 6.42. The minimum atomic E-state index is -1.80. The molecule has 2 aromatic rings. The van der Waals surface area contributed by atoms with Gasteiger partial charge in [-0.3, -0.25) is 9.08 Å². The van der Waals surface area contributed by atoms with Crippen LogP contribution in [0.4, 0.5) is 0 Å². The van der Waals surface area contributed by atoms with Gasteiger partial charge in [0.15, 0.2) is 10.5 Å². The average Bonchev–Trinajstić information content (AvgIpc) is 3.01. The molecule has 1 aliphatic carbocycles. The molecule has 21 heavy (non-hydrogen) atoms. The molecule has 104 valence electrons. The van der Waals surface area contributed by atoms with Crippen molar-refractivity contribution < 1.29 is 13.3 Å². The quantitative estimate of drug-likeness (QED) is 0.811. The van der Waals surface area contributed by atoms with Gasteiger partial charge in [-0.05, 0) is 5.56 Å². The summed E-state index contributed by atoms with van der Waals surface area (Å²) in [5.41, 5.74) is 2.73. The molecule has 0 aromatic heterocycles. The Morgan fingerprint density at radius 1 is 1.05 bits per heavy atom. The van der Waals surface area contributed by atoms with E-state index in [1.165, 1.54) is 0 Å². The topological polar surface area (TPSA) is 55.7 Å². The number of carbonyl (C=O) groups is 1. The highest BCUT2D eigenvalue weighted by molar-refractivity contribution is 7.84. The molecule has 0 unspecified atom stereocenters. The van der Waals surface area contributed by atoms with Crippen LogP contribution >= 0.6 is 0 Å². The maximum absolute atomic E-state index is 12.9. The zero-order valence-electron chi connectivity index (χ0n) is 11.0. The van der Waals surface area contributed by atoms with Crippen LogP contribution in [0.15, 0.2) is 59.8 Å². The summed E-state index contributed by atoms with van der Waals surface area (Å²) in [6.45, 7) is 0. The molecule has 2 atom stereocenters. The molecule has 2 aliphatic rings. The lowest BCUT2D eigenvalue weighted by atomic mass is 9.92. The van der Waals surface area contributed by atoms with E-state index in [0.717, 1.165) is 11.1 Å². The van der Waals surface area contributed by atoms with Gasteiger partial charge in [-0.2, -0.15) is 0 Å². The van der Waals surface area contributed by atoms with Crippen molar-refractivity contribution in [2.24, 2.45) is 5.16 Å². The second-order valence-electron chi connectivity index (χ2n) is 5.11. The molecule has 1 heterocycles. The first-order valence-corrected chi connectivity index (χ1v) is 7.67. The van der Waals surface area contributed by atoms with E-state index >= 15 is 0 Å². The fraction of sp³-hybridized carbons (Fsp3) is 0.125. The molecule has 4 nitrogen and oxygen atoms in total. The number of carbonyl (C=O) groups excluding carboxylic acids is 1. The van der Waals surface area contributed by atoms with Crippen molar-refractivity contribution in [1.82, 2.24) is 0 Å². The molecule has 0 amide bonds. The smallest absolute Gasteiger partial charge is 0.253 e. The molecule has 2 aromatic carbocycles. The van der Waals surface area contributed by atoms with Gasteiger partial charge in [0.25, 0.3) is 11.1 Å². The van der Waals surface area contributed by atoms with Crippen molar-refractivity contribution in [3.63, 3.8) is 0 Å². The van der Waals surface area contributed by atoms with Crippen LogP contribution in [0, 0.1) is 0 Å². The van der Waals surface area contributed by atoms with E-state index in [-0.39, 0.29) is 5.78 Å². The highest BCUT2D eigenvalue weighted by Crippen LogP contribution is 2.41. The van der Waals surface area contributed by atoms with Crippen molar-refractivity contribution in [2.45, 2.75) is 11.2 Å². The third-order valence-electron chi connectivity index (χ3n) is 3.98. The Bertz CT molecular complexity index is 800. The molecule has 0 saturated heterocycles. The Labute approximate surface area is 124 Å². The lowest BCUT2D eigenvalue weighted by Crippen LogP contribution is -2.46. The number of benzene rings is 2. The van der Waals surface area contributed by atoms with E-state index < -0.39 is 15.8 Å². The molecule has 4 rings (SSSR count). The first-order valence-electron chi connectivity index (χ1n) is 6.59. The van der Waals surface area contributed by atoms with Crippen LogP contribution in [0.5, 0.6) is 0 Å². The summed E-state index contributed by atoms with van der Waals surface area (Å²) < 4.78 is 16.2. The Morgan fingerprint density at radius 3 is 2.52 bits per heavy atom. The van der Waals surface area contributed by atoms with Crippen LogP contribution in [0.1, 0.15) is 21.5 Å². The molecule has 5 heteroatoms. The second kappa shape index (κ2) is 4.36. The summed E-state index contributed by atoms with van der Waals surface area (Å²) in [5, 5.41) is 3.95. The maximum Gasteiger partial charge on any atom is 0.253 e. The van der Waals surface area contributed by atoms with Crippen LogP contribution in [-0.4, -0.2) is 20.5 Å². The first kappa shape index (κ1) is 12.5. The van der Waals surface area contributed by atoms with Gasteiger partial charge in [0.2, 0.25) is 0 Å². The summed E-state index contributed by atoms with van der Waals surface area (Å²) >= 11 is -1.80. The van der Waals surface area contributed by atoms with Crippen LogP contribution in [0.2, 0.25) is 0 Å². The highest BCUT2D eigenvalue weighted by atomic mass is 32.2. The van der Waals surface area contributed by atoms with E-state index in [2.05, 4.69) is 5.16 Å². The van der Waals surface area contributed by atoms with E-state index in [9.17, 15) is 9.00 Å².